The lowest BCUT2D eigenvalue weighted by molar-refractivity contribution is -0.134. The average Bonchev–Trinajstić information content (AvgIpc) is 2.28. The second-order valence-corrected chi connectivity index (χ2v) is 5.72. The molecule has 1 aliphatic heterocycles. The lowest BCUT2D eigenvalue weighted by atomic mass is 9.85. The first-order valence-corrected chi connectivity index (χ1v) is 6.18. The molecule has 96 valence electrons. The summed E-state index contributed by atoms with van der Waals surface area (Å²) in [7, 11) is 0. The maximum atomic E-state index is 11.8. The van der Waals surface area contributed by atoms with Gasteiger partial charge in [-0.25, -0.2) is 0 Å². The molecule has 1 aliphatic rings. The molecule has 1 N–H and O–H groups in total. The van der Waals surface area contributed by atoms with Gasteiger partial charge in [0.1, 0.15) is 0 Å². The van der Waals surface area contributed by atoms with E-state index in [0.717, 1.165) is 11.3 Å². The molecule has 0 spiro atoms. The highest BCUT2D eigenvalue weighted by molar-refractivity contribution is 6.00. The van der Waals surface area contributed by atoms with Crippen molar-refractivity contribution in [2.45, 2.75) is 44.9 Å². The Hall–Kier alpha value is -1.71. The highest BCUT2D eigenvalue weighted by Crippen LogP contribution is 2.27. The molecule has 1 saturated heterocycles. The Bertz CT molecular complexity index is 489. The van der Waals surface area contributed by atoms with Crippen LogP contribution in [-0.2, 0) is 15.0 Å². The largest absolute Gasteiger partial charge is 0.296 e. The molecule has 2 heterocycles. The third kappa shape index (κ3) is 2.58. The Morgan fingerprint density at radius 1 is 1.33 bits per heavy atom. The molecule has 4 nitrogen and oxygen atoms in total. The summed E-state index contributed by atoms with van der Waals surface area (Å²) in [6.07, 6.45) is 2.67. The van der Waals surface area contributed by atoms with Crippen LogP contribution in [-0.4, -0.2) is 16.8 Å². The van der Waals surface area contributed by atoms with Crippen LogP contribution in [0.15, 0.2) is 18.3 Å². The van der Waals surface area contributed by atoms with E-state index >= 15 is 0 Å². The van der Waals surface area contributed by atoms with Gasteiger partial charge >= 0.3 is 0 Å². The van der Waals surface area contributed by atoms with E-state index in [2.05, 4.69) is 31.1 Å². The number of carbonyl (C=O) groups is 2. The van der Waals surface area contributed by atoms with Crippen molar-refractivity contribution < 1.29 is 9.59 Å². The Morgan fingerprint density at radius 2 is 2.06 bits per heavy atom. The topological polar surface area (TPSA) is 59.1 Å². The summed E-state index contributed by atoms with van der Waals surface area (Å²) in [6, 6.07) is 3.94. The summed E-state index contributed by atoms with van der Waals surface area (Å²) in [5.41, 5.74) is 1.93. The minimum absolute atomic E-state index is 0.0264. The maximum absolute atomic E-state index is 11.8. The summed E-state index contributed by atoms with van der Waals surface area (Å²) in [4.78, 5) is 27.2. The van der Waals surface area contributed by atoms with E-state index in [1.165, 1.54) is 0 Å². The molecule has 4 heteroatoms. The third-order valence-electron chi connectivity index (χ3n) is 3.24. The Labute approximate surface area is 107 Å². The molecule has 1 aromatic rings. The van der Waals surface area contributed by atoms with Gasteiger partial charge in [0.05, 0.1) is 11.6 Å². The van der Waals surface area contributed by atoms with Crippen LogP contribution in [0.1, 0.15) is 50.8 Å². The zero-order chi connectivity index (χ0) is 13.3. The molecule has 18 heavy (non-hydrogen) atoms. The van der Waals surface area contributed by atoms with Gasteiger partial charge in [-0.2, -0.15) is 0 Å². The molecule has 0 saturated carbocycles. The van der Waals surface area contributed by atoms with Gasteiger partial charge in [-0.1, -0.05) is 20.8 Å². The van der Waals surface area contributed by atoms with Crippen LogP contribution in [0, 0.1) is 0 Å². The highest BCUT2D eigenvalue weighted by atomic mass is 16.2. The monoisotopic (exact) mass is 246 g/mol. The molecule has 2 amide bonds. The van der Waals surface area contributed by atoms with Crippen molar-refractivity contribution in [2.75, 3.05) is 0 Å². The molecule has 0 aliphatic carbocycles. The van der Waals surface area contributed by atoms with Gasteiger partial charge in [0, 0.05) is 12.6 Å². The Balaban J connectivity index is 2.29. The summed E-state index contributed by atoms with van der Waals surface area (Å²) in [5.74, 6) is -0.724. The quantitative estimate of drug-likeness (QED) is 0.770. The Morgan fingerprint density at radius 3 is 2.67 bits per heavy atom. The van der Waals surface area contributed by atoms with E-state index < -0.39 is 0 Å². The normalized spacial score (nSPS) is 20.7. The van der Waals surface area contributed by atoms with Crippen LogP contribution >= 0.6 is 0 Å². The number of hydrogen-bond acceptors (Lipinski definition) is 3. The van der Waals surface area contributed by atoms with Crippen molar-refractivity contribution in [1.29, 1.82) is 0 Å². The summed E-state index contributed by atoms with van der Waals surface area (Å²) >= 11 is 0. The number of nitrogens with zero attached hydrogens (tertiary/aromatic N) is 1. The molecule has 1 atom stereocenters. The number of amides is 2. The molecule has 0 aromatic carbocycles. The molecular weight excluding hydrogens is 228 g/mol. The minimum Gasteiger partial charge on any atom is -0.296 e. The van der Waals surface area contributed by atoms with Crippen LogP contribution in [0.25, 0.3) is 0 Å². The highest BCUT2D eigenvalue weighted by Gasteiger charge is 2.29. The fourth-order valence-electron chi connectivity index (χ4n) is 2.08. The van der Waals surface area contributed by atoms with Gasteiger partial charge in [0.25, 0.3) is 0 Å². The van der Waals surface area contributed by atoms with Crippen molar-refractivity contribution in [3.8, 4) is 0 Å². The standard InChI is InChI=1S/C14H18N2O2/c1-14(2,3)9-6-7-15-11(8-9)10-4-5-12(17)16-13(10)18/h6-8,10H,4-5H2,1-3H3,(H,16,17,18). The fraction of sp³-hybridized carbons (Fsp3) is 0.500. The van der Waals surface area contributed by atoms with Crippen molar-refractivity contribution in [3.63, 3.8) is 0 Å². The smallest absolute Gasteiger partial charge is 0.235 e. The van der Waals surface area contributed by atoms with Gasteiger partial charge in [-0.15, -0.1) is 0 Å². The van der Waals surface area contributed by atoms with E-state index in [1.54, 1.807) is 6.20 Å². The lowest BCUT2D eigenvalue weighted by Gasteiger charge is -2.23. The SMILES string of the molecule is CC(C)(C)c1ccnc(C2CCC(=O)NC2=O)c1. The second-order valence-electron chi connectivity index (χ2n) is 5.72. The van der Waals surface area contributed by atoms with Gasteiger partial charge in [-0.3, -0.25) is 19.9 Å². The first-order valence-electron chi connectivity index (χ1n) is 6.18. The number of aromatic nitrogens is 1. The van der Waals surface area contributed by atoms with Crippen LogP contribution in [0.2, 0.25) is 0 Å². The lowest BCUT2D eigenvalue weighted by Crippen LogP contribution is -2.39. The van der Waals surface area contributed by atoms with Crippen molar-refractivity contribution in [1.82, 2.24) is 10.3 Å². The Kier molecular flexibility index (Phi) is 3.20. The summed E-state index contributed by atoms with van der Waals surface area (Å²) in [6.45, 7) is 6.36. The van der Waals surface area contributed by atoms with Crippen molar-refractivity contribution >= 4 is 11.8 Å². The second kappa shape index (κ2) is 4.52. The number of piperidine rings is 1. The molecule has 1 unspecified atom stereocenters. The average molecular weight is 246 g/mol. The molecule has 1 fully saturated rings. The number of rotatable bonds is 1. The first-order chi connectivity index (χ1) is 8.38. The van der Waals surface area contributed by atoms with Crippen LogP contribution < -0.4 is 5.32 Å². The molecule has 0 radical (unpaired) electrons. The van der Waals surface area contributed by atoms with Gasteiger partial charge in [-0.05, 0) is 29.5 Å². The maximum Gasteiger partial charge on any atom is 0.235 e. The van der Waals surface area contributed by atoms with Gasteiger partial charge in [0.2, 0.25) is 11.8 Å². The van der Waals surface area contributed by atoms with E-state index in [1.807, 2.05) is 12.1 Å². The van der Waals surface area contributed by atoms with E-state index in [0.29, 0.717) is 12.8 Å². The van der Waals surface area contributed by atoms with Crippen molar-refractivity contribution in [3.05, 3.63) is 29.6 Å². The molecular formula is C14H18N2O2. The predicted octanol–water partition coefficient (Wildman–Crippen LogP) is 1.90. The minimum atomic E-state index is -0.301. The van der Waals surface area contributed by atoms with E-state index in [-0.39, 0.29) is 23.1 Å². The van der Waals surface area contributed by atoms with Crippen LogP contribution in [0.4, 0.5) is 0 Å². The van der Waals surface area contributed by atoms with Crippen LogP contribution in [0.3, 0.4) is 0 Å². The van der Waals surface area contributed by atoms with Crippen molar-refractivity contribution in [2.24, 2.45) is 0 Å². The fourth-order valence-corrected chi connectivity index (χ4v) is 2.08. The first kappa shape index (κ1) is 12.7. The predicted molar refractivity (Wildman–Crippen MR) is 68.1 cm³/mol. The molecule has 1 aromatic heterocycles. The molecule has 2 rings (SSSR count). The number of carbonyl (C=O) groups excluding carboxylic acids is 2. The zero-order valence-corrected chi connectivity index (χ0v) is 11.0. The summed E-state index contributed by atoms with van der Waals surface area (Å²) < 4.78 is 0. The zero-order valence-electron chi connectivity index (χ0n) is 11.0. The van der Waals surface area contributed by atoms with Crippen LogP contribution in [0.5, 0.6) is 0 Å². The molecule has 0 bridgehead atoms. The van der Waals surface area contributed by atoms with E-state index in [9.17, 15) is 9.59 Å². The third-order valence-corrected chi connectivity index (χ3v) is 3.24. The number of nitrogens with one attached hydrogen (secondary N) is 1. The summed E-state index contributed by atoms with van der Waals surface area (Å²) in [5, 5.41) is 2.37. The van der Waals surface area contributed by atoms with E-state index in [4.69, 9.17) is 0 Å². The van der Waals surface area contributed by atoms with Gasteiger partial charge in [0.15, 0.2) is 0 Å². The number of hydrogen-bond donors (Lipinski definition) is 1. The number of imide groups is 1. The van der Waals surface area contributed by atoms with Gasteiger partial charge < -0.3 is 0 Å². The number of pyridine rings is 1.